The van der Waals surface area contributed by atoms with E-state index in [1.165, 1.54) is 6.08 Å². The number of amides is 1. The van der Waals surface area contributed by atoms with Crippen LogP contribution < -0.4 is 5.32 Å². The molecule has 0 saturated heterocycles. The van der Waals surface area contributed by atoms with Crippen LogP contribution in [0.25, 0.3) is 6.08 Å². The second-order valence-electron chi connectivity index (χ2n) is 4.30. The predicted octanol–water partition coefficient (Wildman–Crippen LogP) is 3.30. The van der Waals surface area contributed by atoms with Crippen molar-refractivity contribution in [3.8, 4) is 0 Å². The Balaban J connectivity index is 2.47. The maximum atomic E-state index is 11.6. The van der Waals surface area contributed by atoms with Crippen LogP contribution in [0.15, 0.2) is 30.3 Å². The van der Waals surface area contributed by atoms with Crippen LogP contribution in [0.4, 0.5) is 5.69 Å². The van der Waals surface area contributed by atoms with Gasteiger partial charge >= 0.3 is 5.97 Å². The molecule has 102 valence electrons. The third-order valence-corrected chi connectivity index (χ3v) is 2.62. The van der Waals surface area contributed by atoms with Gasteiger partial charge in [-0.25, -0.2) is 4.79 Å². The van der Waals surface area contributed by atoms with E-state index in [0.717, 1.165) is 36.6 Å². The van der Waals surface area contributed by atoms with Crippen LogP contribution in [-0.4, -0.2) is 17.0 Å². The highest BCUT2D eigenvalue weighted by Crippen LogP contribution is 2.11. The number of rotatable bonds is 7. The molecule has 0 fully saturated rings. The number of hydrogen-bond donors (Lipinski definition) is 2. The largest absolute Gasteiger partial charge is 0.478 e. The van der Waals surface area contributed by atoms with Gasteiger partial charge in [0.25, 0.3) is 0 Å². The number of nitrogens with one attached hydrogen (secondary N) is 1. The van der Waals surface area contributed by atoms with Gasteiger partial charge in [-0.1, -0.05) is 31.9 Å². The second-order valence-corrected chi connectivity index (χ2v) is 4.30. The number of benzene rings is 1. The molecule has 1 rings (SSSR count). The number of aliphatic carboxylic acids is 1. The van der Waals surface area contributed by atoms with Crippen molar-refractivity contribution in [3.05, 3.63) is 35.9 Å². The molecule has 0 heterocycles. The van der Waals surface area contributed by atoms with Gasteiger partial charge in [0.05, 0.1) is 0 Å². The molecule has 1 amide bonds. The molecule has 0 unspecified atom stereocenters. The zero-order valence-electron chi connectivity index (χ0n) is 11.1. The van der Waals surface area contributed by atoms with Gasteiger partial charge in [0.2, 0.25) is 5.91 Å². The summed E-state index contributed by atoms with van der Waals surface area (Å²) in [6.07, 6.45) is 6.19. The highest BCUT2D eigenvalue weighted by molar-refractivity contribution is 5.91. The quantitative estimate of drug-likeness (QED) is 0.584. The van der Waals surface area contributed by atoms with Crippen LogP contribution in [-0.2, 0) is 9.59 Å². The summed E-state index contributed by atoms with van der Waals surface area (Å²) in [4.78, 5) is 22.0. The lowest BCUT2D eigenvalue weighted by atomic mass is 10.1. The van der Waals surface area contributed by atoms with Gasteiger partial charge in [0.1, 0.15) is 0 Å². The maximum absolute atomic E-state index is 11.6. The monoisotopic (exact) mass is 261 g/mol. The topological polar surface area (TPSA) is 66.4 Å². The van der Waals surface area contributed by atoms with Crippen molar-refractivity contribution < 1.29 is 14.7 Å². The zero-order valence-corrected chi connectivity index (χ0v) is 11.1. The molecule has 0 bridgehead atoms. The van der Waals surface area contributed by atoms with Gasteiger partial charge in [-0.3, -0.25) is 4.79 Å². The highest BCUT2D eigenvalue weighted by Gasteiger charge is 2.01. The Morgan fingerprint density at radius 2 is 1.89 bits per heavy atom. The Labute approximate surface area is 113 Å². The fourth-order valence-electron chi connectivity index (χ4n) is 1.60. The first-order chi connectivity index (χ1) is 9.11. The standard InChI is InChI=1S/C15H19NO3/c1-2-3-4-5-14(17)16-13-9-6-12(7-10-13)8-11-15(18)19/h6-11H,2-5H2,1H3,(H,16,17)(H,18,19)/b11-8+. The Morgan fingerprint density at radius 1 is 1.21 bits per heavy atom. The molecule has 0 radical (unpaired) electrons. The Hall–Kier alpha value is -2.10. The minimum absolute atomic E-state index is 0.0160. The summed E-state index contributed by atoms with van der Waals surface area (Å²) >= 11 is 0. The average molecular weight is 261 g/mol. The van der Waals surface area contributed by atoms with Crippen molar-refractivity contribution in [2.75, 3.05) is 5.32 Å². The molecule has 0 aliphatic rings. The van der Waals surface area contributed by atoms with Gasteiger partial charge in [0.15, 0.2) is 0 Å². The van der Waals surface area contributed by atoms with Crippen LogP contribution >= 0.6 is 0 Å². The fraction of sp³-hybridized carbons (Fsp3) is 0.333. The average Bonchev–Trinajstić information content (AvgIpc) is 2.38. The first-order valence-electron chi connectivity index (χ1n) is 6.42. The first-order valence-corrected chi connectivity index (χ1v) is 6.42. The number of unbranched alkanes of at least 4 members (excludes halogenated alkanes) is 2. The minimum atomic E-state index is -0.978. The second kappa shape index (κ2) is 8.08. The van der Waals surface area contributed by atoms with E-state index in [1.54, 1.807) is 24.3 Å². The van der Waals surface area contributed by atoms with E-state index in [2.05, 4.69) is 12.2 Å². The molecule has 4 nitrogen and oxygen atoms in total. The summed E-state index contributed by atoms with van der Waals surface area (Å²) < 4.78 is 0. The lowest BCUT2D eigenvalue weighted by Gasteiger charge is -2.05. The normalized spacial score (nSPS) is 10.6. The molecule has 0 aliphatic carbocycles. The van der Waals surface area contributed by atoms with E-state index in [4.69, 9.17) is 5.11 Å². The van der Waals surface area contributed by atoms with Gasteiger partial charge in [0, 0.05) is 18.2 Å². The van der Waals surface area contributed by atoms with Crippen molar-refractivity contribution >= 4 is 23.6 Å². The van der Waals surface area contributed by atoms with Crippen LogP contribution in [0.5, 0.6) is 0 Å². The summed E-state index contributed by atoms with van der Waals surface area (Å²) in [5, 5.41) is 11.3. The molecule has 4 heteroatoms. The SMILES string of the molecule is CCCCCC(=O)Nc1ccc(/C=C/C(=O)O)cc1. The third kappa shape index (κ3) is 6.41. The summed E-state index contributed by atoms with van der Waals surface area (Å²) in [6, 6.07) is 7.06. The number of carbonyl (C=O) groups is 2. The van der Waals surface area contributed by atoms with Crippen LogP contribution in [0.1, 0.15) is 38.2 Å². The van der Waals surface area contributed by atoms with E-state index >= 15 is 0 Å². The molecular weight excluding hydrogens is 242 g/mol. The molecule has 0 aliphatic heterocycles. The Bertz CT molecular complexity index is 449. The maximum Gasteiger partial charge on any atom is 0.328 e. The molecule has 2 N–H and O–H groups in total. The predicted molar refractivity (Wildman–Crippen MR) is 75.9 cm³/mol. The summed E-state index contributed by atoms with van der Waals surface area (Å²) in [5.74, 6) is -0.962. The third-order valence-electron chi connectivity index (χ3n) is 2.62. The zero-order chi connectivity index (χ0) is 14.1. The van der Waals surface area contributed by atoms with Crippen LogP contribution in [0, 0.1) is 0 Å². The molecule has 1 aromatic rings. The molecule has 0 saturated carbocycles. The van der Waals surface area contributed by atoms with Crippen LogP contribution in [0.3, 0.4) is 0 Å². The summed E-state index contributed by atoms with van der Waals surface area (Å²) in [7, 11) is 0. The van der Waals surface area contributed by atoms with E-state index in [1.807, 2.05) is 0 Å². The molecule has 0 spiro atoms. The Kier molecular flexibility index (Phi) is 6.36. The molecule has 0 aromatic heterocycles. The van der Waals surface area contributed by atoms with E-state index in [9.17, 15) is 9.59 Å². The van der Waals surface area contributed by atoms with Crippen molar-refractivity contribution in [3.63, 3.8) is 0 Å². The molecule has 19 heavy (non-hydrogen) atoms. The van der Waals surface area contributed by atoms with Crippen molar-refractivity contribution in [1.82, 2.24) is 0 Å². The van der Waals surface area contributed by atoms with Crippen LogP contribution in [0.2, 0.25) is 0 Å². The molecule has 1 aromatic carbocycles. The number of carboxylic acid groups (broad SMARTS) is 1. The first kappa shape index (κ1) is 15.0. The molecule has 0 atom stereocenters. The fourth-order valence-corrected chi connectivity index (χ4v) is 1.60. The number of carboxylic acids is 1. The lowest BCUT2D eigenvalue weighted by Crippen LogP contribution is -2.10. The summed E-state index contributed by atoms with van der Waals surface area (Å²) in [6.45, 7) is 2.10. The van der Waals surface area contributed by atoms with Gasteiger partial charge in [-0.05, 0) is 30.2 Å². The molecular formula is C15H19NO3. The lowest BCUT2D eigenvalue weighted by molar-refractivity contribution is -0.131. The van der Waals surface area contributed by atoms with E-state index in [-0.39, 0.29) is 5.91 Å². The summed E-state index contributed by atoms with van der Waals surface area (Å²) in [5.41, 5.74) is 1.51. The Morgan fingerprint density at radius 3 is 2.47 bits per heavy atom. The van der Waals surface area contributed by atoms with Gasteiger partial charge in [-0.2, -0.15) is 0 Å². The van der Waals surface area contributed by atoms with Crippen molar-refractivity contribution in [1.29, 1.82) is 0 Å². The number of carbonyl (C=O) groups excluding carboxylic acids is 1. The van der Waals surface area contributed by atoms with Crippen molar-refractivity contribution in [2.24, 2.45) is 0 Å². The smallest absolute Gasteiger partial charge is 0.328 e. The van der Waals surface area contributed by atoms with E-state index in [0.29, 0.717) is 6.42 Å². The van der Waals surface area contributed by atoms with E-state index < -0.39 is 5.97 Å². The van der Waals surface area contributed by atoms with Crippen molar-refractivity contribution in [2.45, 2.75) is 32.6 Å². The highest BCUT2D eigenvalue weighted by atomic mass is 16.4. The minimum Gasteiger partial charge on any atom is -0.478 e. The number of hydrogen-bond acceptors (Lipinski definition) is 2. The number of anilines is 1. The van der Waals surface area contributed by atoms with Gasteiger partial charge in [-0.15, -0.1) is 0 Å². The van der Waals surface area contributed by atoms with Gasteiger partial charge < -0.3 is 10.4 Å².